The Bertz CT molecular complexity index is 1050. The second kappa shape index (κ2) is 8.34. The number of methoxy groups -OCH3 is 1. The van der Waals surface area contributed by atoms with Gasteiger partial charge in [-0.3, -0.25) is 9.59 Å². The van der Waals surface area contributed by atoms with Crippen LogP contribution in [0.2, 0.25) is 5.15 Å². The fourth-order valence-corrected chi connectivity index (χ4v) is 4.43. The zero-order valence-corrected chi connectivity index (χ0v) is 16.8. The van der Waals surface area contributed by atoms with Gasteiger partial charge < -0.3 is 10.1 Å². The van der Waals surface area contributed by atoms with Gasteiger partial charge in [0.15, 0.2) is 0 Å². The third kappa shape index (κ3) is 4.48. The molecular weight excluding hydrogens is 425 g/mol. The van der Waals surface area contributed by atoms with Gasteiger partial charge in [0.1, 0.15) is 28.2 Å². The Morgan fingerprint density at radius 1 is 1.31 bits per heavy atom. The molecule has 1 unspecified atom stereocenters. The fourth-order valence-electron chi connectivity index (χ4n) is 2.97. The molecule has 2 amide bonds. The molecule has 0 radical (unpaired) electrons. The summed E-state index contributed by atoms with van der Waals surface area (Å²) in [6.07, 6.45) is 0.989. The SMILES string of the molecule is COc1ccc(F)cc1CC1CNC(=O)CN(S(=O)(=O)c2ccc(Cl)nc2)C1=O. The molecule has 1 fully saturated rings. The van der Waals surface area contributed by atoms with E-state index in [0.717, 1.165) is 6.20 Å². The van der Waals surface area contributed by atoms with Crippen LogP contribution in [0.4, 0.5) is 4.39 Å². The first-order valence-corrected chi connectivity index (χ1v) is 10.3. The minimum Gasteiger partial charge on any atom is -0.496 e. The van der Waals surface area contributed by atoms with E-state index in [-0.39, 0.29) is 23.0 Å². The molecule has 0 saturated carbocycles. The molecule has 29 heavy (non-hydrogen) atoms. The minimum absolute atomic E-state index is 0.0229. The maximum absolute atomic E-state index is 13.7. The lowest BCUT2D eigenvalue weighted by atomic mass is 9.97. The van der Waals surface area contributed by atoms with Crippen molar-refractivity contribution in [3.8, 4) is 5.75 Å². The van der Waals surface area contributed by atoms with E-state index in [4.69, 9.17) is 16.3 Å². The number of carbonyl (C=O) groups is 2. The number of aromatic nitrogens is 1. The Hall–Kier alpha value is -2.72. The number of nitrogens with zero attached hydrogens (tertiary/aromatic N) is 2. The second-order valence-electron chi connectivity index (χ2n) is 6.33. The predicted molar refractivity (Wildman–Crippen MR) is 101 cm³/mol. The maximum atomic E-state index is 13.7. The number of sulfonamides is 1. The highest BCUT2D eigenvalue weighted by Crippen LogP contribution is 2.26. The van der Waals surface area contributed by atoms with E-state index in [1.165, 1.54) is 37.4 Å². The van der Waals surface area contributed by atoms with E-state index in [1.54, 1.807) is 0 Å². The Balaban J connectivity index is 1.95. The first-order chi connectivity index (χ1) is 13.7. The summed E-state index contributed by atoms with van der Waals surface area (Å²) in [5.41, 5.74) is 0.382. The Kier molecular flexibility index (Phi) is 6.04. The second-order valence-corrected chi connectivity index (χ2v) is 8.58. The van der Waals surface area contributed by atoms with Crippen molar-refractivity contribution in [2.45, 2.75) is 11.3 Å². The molecule has 2 heterocycles. The summed E-state index contributed by atoms with van der Waals surface area (Å²) >= 11 is 5.69. The van der Waals surface area contributed by atoms with E-state index < -0.39 is 40.1 Å². The van der Waals surface area contributed by atoms with Gasteiger partial charge in [0.25, 0.3) is 10.0 Å². The number of ether oxygens (including phenoxy) is 1. The Labute approximate surface area is 171 Å². The van der Waals surface area contributed by atoms with Crippen LogP contribution in [0, 0.1) is 11.7 Å². The topological polar surface area (TPSA) is 106 Å². The van der Waals surface area contributed by atoms with Crippen molar-refractivity contribution >= 4 is 33.4 Å². The zero-order chi connectivity index (χ0) is 21.2. The zero-order valence-electron chi connectivity index (χ0n) is 15.3. The quantitative estimate of drug-likeness (QED) is 0.703. The van der Waals surface area contributed by atoms with Crippen molar-refractivity contribution in [2.24, 2.45) is 5.92 Å². The molecule has 11 heteroatoms. The Morgan fingerprint density at radius 2 is 2.07 bits per heavy atom. The molecule has 0 aliphatic carbocycles. The number of hydrogen-bond donors (Lipinski definition) is 1. The lowest BCUT2D eigenvalue weighted by Gasteiger charge is -2.23. The number of benzene rings is 1. The first kappa shape index (κ1) is 21.0. The molecule has 1 aliphatic rings. The van der Waals surface area contributed by atoms with Gasteiger partial charge >= 0.3 is 0 Å². The highest BCUT2D eigenvalue weighted by molar-refractivity contribution is 7.89. The predicted octanol–water partition coefficient (Wildman–Crippen LogP) is 1.39. The molecule has 1 N–H and O–H groups in total. The third-order valence-electron chi connectivity index (χ3n) is 4.42. The van der Waals surface area contributed by atoms with Crippen LogP contribution in [0.15, 0.2) is 41.4 Å². The molecule has 154 valence electrons. The van der Waals surface area contributed by atoms with Crippen LogP contribution >= 0.6 is 11.6 Å². The number of nitrogens with one attached hydrogen (secondary N) is 1. The molecule has 1 saturated heterocycles. The maximum Gasteiger partial charge on any atom is 0.268 e. The summed E-state index contributed by atoms with van der Waals surface area (Å²) in [5, 5.41) is 2.61. The number of carbonyl (C=O) groups excluding carboxylic acids is 2. The van der Waals surface area contributed by atoms with Gasteiger partial charge in [-0.15, -0.1) is 0 Å². The smallest absolute Gasteiger partial charge is 0.268 e. The minimum atomic E-state index is -4.34. The van der Waals surface area contributed by atoms with Crippen LogP contribution < -0.4 is 10.1 Å². The van der Waals surface area contributed by atoms with Crippen molar-refractivity contribution in [3.63, 3.8) is 0 Å². The van der Waals surface area contributed by atoms with Gasteiger partial charge in [0.2, 0.25) is 11.8 Å². The van der Waals surface area contributed by atoms with Crippen molar-refractivity contribution in [3.05, 3.63) is 53.1 Å². The molecular formula is C18H17ClFN3O5S. The van der Waals surface area contributed by atoms with Gasteiger partial charge in [0, 0.05) is 12.7 Å². The van der Waals surface area contributed by atoms with Crippen molar-refractivity contribution in [2.75, 3.05) is 20.2 Å². The highest BCUT2D eigenvalue weighted by atomic mass is 35.5. The monoisotopic (exact) mass is 441 g/mol. The summed E-state index contributed by atoms with van der Waals surface area (Å²) < 4.78 is 45.2. The summed E-state index contributed by atoms with van der Waals surface area (Å²) in [4.78, 5) is 28.5. The van der Waals surface area contributed by atoms with Gasteiger partial charge in [-0.1, -0.05) is 11.6 Å². The molecule has 3 rings (SSSR count). The van der Waals surface area contributed by atoms with Crippen LogP contribution in [0.3, 0.4) is 0 Å². The van der Waals surface area contributed by atoms with Crippen molar-refractivity contribution in [1.82, 2.24) is 14.6 Å². The van der Waals surface area contributed by atoms with Gasteiger partial charge in [-0.2, -0.15) is 0 Å². The molecule has 1 aromatic carbocycles. The first-order valence-electron chi connectivity index (χ1n) is 8.49. The Morgan fingerprint density at radius 3 is 2.72 bits per heavy atom. The van der Waals surface area contributed by atoms with E-state index in [2.05, 4.69) is 10.3 Å². The van der Waals surface area contributed by atoms with E-state index in [1.807, 2.05) is 0 Å². The van der Waals surface area contributed by atoms with E-state index in [0.29, 0.717) is 15.6 Å². The largest absolute Gasteiger partial charge is 0.496 e. The number of pyridine rings is 1. The summed E-state index contributed by atoms with van der Waals surface area (Å²) in [6, 6.07) is 6.31. The summed E-state index contributed by atoms with van der Waals surface area (Å²) in [7, 11) is -2.94. The van der Waals surface area contributed by atoms with Crippen LogP contribution in [-0.2, 0) is 26.0 Å². The van der Waals surface area contributed by atoms with Gasteiger partial charge in [0.05, 0.1) is 13.0 Å². The summed E-state index contributed by atoms with van der Waals surface area (Å²) in [6.45, 7) is -0.761. The molecule has 1 atom stereocenters. The third-order valence-corrected chi connectivity index (χ3v) is 6.38. The lowest BCUT2D eigenvalue weighted by Crippen LogP contribution is -2.42. The van der Waals surface area contributed by atoms with E-state index >= 15 is 0 Å². The molecule has 2 aromatic rings. The number of rotatable bonds is 5. The van der Waals surface area contributed by atoms with Crippen LogP contribution in [0.1, 0.15) is 5.56 Å². The van der Waals surface area contributed by atoms with Crippen LogP contribution in [-0.4, -0.2) is 49.7 Å². The normalized spacial score (nSPS) is 17.6. The van der Waals surface area contributed by atoms with Gasteiger partial charge in [-0.05, 0) is 42.3 Å². The molecule has 1 aliphatic heterocycles. The average molecular weight is 442 g/mol. The van der Waals surface area contributed by atoms with Crippen molar-refractivity contribution in [1.29, 1.82) is 0 Å². The molecule has 8 nitrogen and oxygen atoms in total. The number of halogens is 2. The number of hydrogen-bond acceptors (Lipinski definition) is 6. The van der Waals surface area contributed by atoms with Gasteiger partial charge in [-0.25, -0.2) is 22.1 Å². The lowest BCUT2D eigenvalue weighted by molar-refractivity contribution is -0.131. The molecule has 0 spiro atoms. The average Bonchev–Trinajstić information content (AvgIpc) is 2.82. The van der Waals surface area contributed by atoms with Crippen LogP contribution in [0.25, 0.3) is 0 Å². The number of amides is 2. The summed E-state index contributed by atoms with van der Waals surface area (Å²) in [5.74, 6) is -2.52. The standard InChI is InChI=1S/C18H17ClFN3O5S/c1-28-15-4-2-13(20)7-11(15)6-12-8-22-17(24)10-23(18(12)25)29(26,27)14-3-5-16(19)21-9-14/h2-5,7,9,12H,6,8,10H2,1H3,(H,22,24). The van der Waals surface area contributed by atoms with Crippen LogP contribution in [0.5, 0.6) is 5.75 Å². The molecule has 1 aromatic heterocycles. The highest BCUT2D eigenvalue weighted by Gasteiger charge is 2.38. The van der Waals surface area contributed by atoms with E-state index in [9.17, 15) is 22.4 Å². The molecule has 0 bridgehead atoms. The fraction of sp³-hybridized carbons (Fsp3) is 0.278. The van der Waals surface area contributed by atoms with Crippen molar-refractivity contribution < 1.29 is 27.1 Å².